The zero-order valence-electron chi connectivity index (χ0n) is 38.7. The number of carbonyl (C=O) groups is 2. The van der Waals surface area contributed by atoms with Gasteiger partial charge in [0.25, 0.3) is 7.82 Å². The Bertz CT molecular complexity index is 1150. The van der Waals surface area contributed by atoms with Gasteiger partial charge in [-0.2, -0.15) is 0 Å². The van der Waals surface area contributed by atoms with Crippen LogP contribution in [-0.4, -0.2) is 70.0 Å². The summed E-state index contributed by atoms with van der Waals surface area (Å²) in [5.74, 6) is -0.853. The Morgan fingerprint density at radius 2 is 0.915 bits per heavy atom. The van der Waals surface area contributed by atoms with E-state index in [-0.39, 0.29) is 26.1 Å². The lowest BCUT2D eigenvalue weighted by atomic mass is 10.1. The number of esters is 2. The van der Waals surface area contributed by atoms with Gasteiger partial charge in [0, 0.05) is 12.8 Å². The Kier molecular flexibility index (Phi) is 39.9. The number of quaternary nitrogens is 1. The smallest absolute Gasteiger partial charge is 0.306 e. The first-order valence-corrected chi connectivity index (χ1v) is 25.3. The quantitative estimate of drug-likeness (QED) is 0.0196. The zero-order valence-corrected chi connectivity index (χ0v) is 39.6. The number of rotatable bonds is 43. The summed E-state index contributed by atoms with van der Waals surface area (Å²) in [6.45, 7) is 4.17. The molecule has 0 amide bonds. The lowest BCUT2D eigenvalue weighted by Gasteiger charge is -2.28. The fraction of sp³-hybridized carbons (Fsp3) is 0.796. The van der Waals surface area contributed by atoms with Gasteiger partial charge in [0.1, 0.15) is 19.8 Å². The molecule has 0 saturated heterocycles. The number of unbranched alkanes of at least 4 members (excludes halogenated alkanes) is 21. The van der Waals surface area contributed by atoms with Crippen molar-refractivity contribution in [2.24, 2.45) is 0 Å². The van der Waals surface area contributed by atoms with Gasteiger partial charge < -0.3 is 27.9 Å². The number of carbonyl (C=O) groups excluding carboxylic acids is 2. The van der Waals surface area contributed by atoms with E-state index in [1.165, 1.54) is 89.9 Å². The second-order valence-corrected chi connectivity index (χ2v) is 18.5. The number of nitrogens with zero attached hydrogens (tertiary/aromatic N) is 1. The van der Waals surface area contributed by atoms with Crippen LogP contribution in [0.5, 0.6) is 0 Å². The van der Waals surface area contributed by atoms with Crippen LogP contribution >= 0.6 is 7.82 Å². The number of phosphoric acid groups is 1. The van der Waals surface area contributed by atoms with Crippen molar-refractivity contribution in [2.45, 2.75) is 206 Å². The van der Waals surface area contributed by atoms with Crippen LogP contribution in [0.2, 0.25) is 0 Å². The summed E-state index contributed by atoms with van der Waals surface area (Å²) in [7, 11) is 1.15. The van der Waals surface area contributed by atoms with Crippen molar-refractivity contribution in [3.63, 3.8) is 0 Å². The minimum atomic E-state index is -4.63. The van der Waals surface area contributed by atoms with Crippen LogP contribution < -0.4 is 4.89 Å². The van der Waals surface area contributed by atoms with Gasteiger partial charge in [0.2, 0.25) is 0 Å². The summed E-state index contributed by atoms with van der Waals surface area (Å²) in [5, 5.41) is 0. The van der Waals surface area contributed by atoms with E-state index in [1.807, 2.05) is 21.1 Å². The van der Waals surface area contributed by atoms with E-state index in [0.29, 0.717) is 17.4 Å². The molecule has 0 fully saturated rings. The van der Waals surface area contributed by atoms with E-state index in [4.69, 9.17) is 18.5 Å². The molecule has 0 aromatic rings. The lowest BCUT2D eigenvalue weighted by Crippen LogP contribution is -2.37. The van der Waals surface area contributed by atoms with E-state index in [1.54, 1.807) is 0 Å². The molecule has 0 aliphatic carbocycles. The minimum absolute atomic E-state index is 0.0349. The first-order valence-electron chi connectivity index (χ1n) is 23.8. The molecule has 2 atom stereocenters. The molecule has 0 spiro atoms. The van der Waals surface area contributed by atoms with Gasteiger partial charge in [0.15, 0.2) is 6.10 Å². The van der Waals surface area contributed by atoms with Crippen LogP contribution in [0.25, 0.3) is 0 Å². The molecular weight excluding hydrogens is 762 g/mol. The van der Waals surface area contributed by atoms with Gasteiger partial charge in [-0.1, -0.05) is 159 Å². The number of hydrogen-bond acceptors (Lipinski definition) is 8. The molecule has 0 rings (SSSR count). The summed E-state index contributed by atoms with van der Waals surface area (Å²) in [6.07, 6.45) is 48.5. The maximum atomic E-state index is 12.7. The van der Waals surface area contributed by atoms with Crippen LogP contribution in [-0.2, 0) is 32.7 Å². The fourth-order valence-electron chi connectivity index (χ4n) is 6.30. The Labute approximate surface area is 363 Å². The Morgan fingerprint density at radius 3 is 1.41 bits per heavy atom. The predicted molar refractivity (Wildman–Crippen MR) is 245 cm³/mol. The third kappa shape index (κ3) is 45.3. The van der Waals surface area contributed by atoms with Crippen LogP contribution in [0.3, 0.4) is 0 Å². The number of ether oxygens (including phenoxy) is 2. The van der Waals surface area contributed by atoms with Crippen LogP contribution in [0.4, 0.5) is 0 Å². The van der Waals surface area contributed by atoms with Crippen LogP contribution in [0.15, 0.2) is 48.6 Å². The predicted octanol–water partition coefficient (Wildman–Crippen LogP) is 13.2. The fourth-order valence-corrected chi connectivity index (χ4v) is 7.03. The summed E-state index contributed by atoms with van der Waals surface area (Å²) < 4.78 is 33.9. The molecule has 0 heterocycles. The lowest BCUT2D eigenvalue weighted by molar-refractivity contribution is -0.870. The van der Waals surface area contributed by atoms with Gasteiger partial charge in [0.05, 0.1) is 27.7 Å². The van der Waals surface area contributed by atoms with Gasteiger partial charge in [-0.05, 0) is 77.0 Å². The highest BCUT2D eigenvalue weighted by Crippen LogP contribution is 2.38. The molecule has 0 bridgehead atoms. The molecule has 9 nitrogen and oxygen atoms in total. The zero-order chi connectivity index (χ0) is 43.6. The summed E-state index contributed by atoms with van der Waals surface area (Å²) in [6, 6.07) is 0. The first kappa shape index (κ1) is 57.0. The normalized spacial score (nSPS) is 13.9. The molecule has 10 heteroatoms. The van der Waals surface area contributed by atoms with E-state index in [0.717, 1.165) is 77.0 Å². The summed E-state index contributed by atoms with van der Waals surface area (Å²) in [5.41, 5.74) is 0. The molecule has 0 aromatic heterocycles. The molecule has 0 aromatic carbocycles. The number of allylic oxidation sites excluding steroid dienone is 8. The molecule has 2 unspecified atom stereocenters. The number of phosphoric ester groups is 1. The average molecular weight is 852 g/mol. The van der Waals surface area contributed by atoms with Gasteiger partial charge in [-0.25, -0.2) is 0 Å². The highest BCUT2D eigenvalue weighted by Gasteiger charge is 2.21. The standard InChI is InChI=1S/C49H90NO8P/c1-6-8-10-12-14-16-18-20-21-22-23-24-25-26-27-28-29-30-32-34-36-38-40-42-49(52)58-47(46-57-59(53,54)56-44-43-50(3,4)5)45-55-48(51)41-39-37-35-33-31-19-17-15-13-11-9-7-2/h15,17-18,20,22-23,25-26,47H,6-14,16,19,21,24,27-46H2,1-5H3/b17-15-,20-18-,23-22-,26-25-. The third-order valence-corrected chi connectivity index (χ3v) is 11.0. The Morgan fingerprint density at radius 1 is 0.525 bits per heavy atom. The third-order valence-electron chi connectivity index (χ3n) is 10.1. The molecule has 0 aliphatic heterocycles. The first-order chi connectivity index (χ1) is 28.5. The van der Waals surface area contributed by atoms with Crippen LogP contribution in [0.1, 0.15) is 200 Å². The van der Waals surface area contributed by atoms with Crippen molar-refractivity contribution in [3.8, 4) is 0 Å². The summed E-state index contributed by atoms with van der Waals surface area (Å²) >= 11 is 0. The Balaban J connectivity index is 4.28. The molecule has 0 saturated carbocycles. The number of hydrogen-bond donors (Lipinski definition) is 0. The second kappa shape index (κ2) is 41.3. The molecular formula is C49H90NO8P. The second-order valence-electron chi connectivity index (χ2n) is 17.1. The van der Waals surface area contributed by atoms with Crippen molar-refractivity contribution < 1.29 is 42.1 Å². The molecule has 0 aliphatic rings. The highest BCUT2D eigenvalue weighted by atomic mass is 31.2. The van der Waals surface area contributed by atoms with Crippen molar-refractivity contribution in [2.75, 3.05) is 47.5 Å². The van der Waals surface area contributed by atoms with Crippen LogP contribution in [0, 0.1) is 0 Å². The molecule has 0 radical (unpaired) electrons. The van der Waals surface area contributed by atoms with E-state index in [2.05, 4.69) is 62.5 Å². The largest absolute Gasteiger partial charge is 0.756 e. The maximum absolute atomic E-state index is 12.7. The van der Waals surface area contributed by atoms with Gasteiger partial charge in [-0.3, -0.25) is 14.2 Å². The summed E-state index contributed by atoms with van der Waals surface area (Å²) in [4.78, 5) is 37.6. The van der Waals surface area contributed by atoms with E-state index in [9.17, 15) is 19.0 Å². The number of likely N-dealkylation sites (N-methyl/N-ethyl adjacent to an activating group) is 1. The van der Waals surface area contributed by atoms with Crippen molar-refractivity contribution >= 4 is 19.8 Å². The minimum Gasteiger partial charge on any atom is -0.756 e. The van der Waals surface area contributed by atoms with Crippen molar-refractivity contribution in [1.82, 2.24) is 0 Å². The van der Waals surface area contributed by atoms with Gasteiger partial charge >= 0.3 is 11.9 Å². The highest BCUT2D eigenvalue weighted by molar-refractivity contribution is 7.45. The monoisotopic (exact) mass is 852 g/mol. The van der Waals surface area contributed by atoms with Crippen molar-refractivity contribution in [3.05, 3.63) is 48.6 Å². The Hall–Kier alpha value is -2.03. The van der Waals surface area contributed by atoms with Gasteiger partial charge in [-0.15, -0.1) is 0 Å². The van der Waals surface area contributed by atoms with E-state index >= 15 is 0 Å². The topological polar surface area (TPSA) is 111 Å². The molecule has 0 N–H and O–H groups in total. The average Bonchev–Trinajstić information content (AvgIpc) is 3.19. The van der Waals surface area contributed by atoms with E-state index < -0.39 is 32.5 Å². The van der Waals surface area contributed by atoms with Crippen molar-refractivity contribution in [1.29, 1.82) is 0 Å². The SMILES string of the molecule is CCCCC/C=C\CCCCCCCC(=O)OCC(COP(=O)([O-])OCC[N+](C)(C)C)OC(=O)CCCCCCCCCC/C=C\C/C=C\C/C=C\CCCCCCC. The molecule has 344 valence electrons. The molecule has 59 heavy (non-hydrogen) atoms. The maximum Gasteiger partial charge on any atom is 0.306 e.